The van der Waals surface area contributed by atoms with Crippen LogP contribution in [0.3, 0.4) is 0 Å². The Bertz CT molecular complexity index is 323. The van der Waals surface area contributed by atoms with E-state index in [2.05, 4.69) is 24.1 Å². The highest BCUT2D eigenvalue weighted by atomic mass is 16.5. The largest absolute Gasteiger partial charge is 0.383 e. The Morgan fingerprint density at radius 2 is 2.24 bits per heavy atom. The van der Waals surface area contributed by atoms with Crippen LogP contribution in [0.5, 0.6) is 0 Å². The molecule has 0 aliphatic heterocycles. The van der Waals surface area contributed by atoms with E-state index in [0.29, 0.717) is 13.2 Å². The number of nitrogens with one attached hydrogen (secondary N) is 1. The Morgan fingerprint density at radius 1 is 1.47 bits per heavy atom. The zero-order chi connectivity index (χ0) is 12.7. The number of nitrogens with zero attached hydrogens (tertiary/aromatic N) is 2. The third-order valence-corrected chi connectivity index (χ3v) is 2.46. The Hall–Kier alpha value is -1.07. The number of imidazole rings is 1. The van der Waals surface area contributed by atoms with Crippen molar-refractivity contribution in [1.29, 1.82) is 0 Å². The average Bonchev–Trinajstić information content (AvgIpc) is 2.71. The van der Waals surface area contributed by atoms with Crippen molar-refractivity contribution in [3.05, 3.63) is 12.4 Å². The van der Waals surface area contributed by atoms with Crippen LogP contribution in [-0.4, -0.2) is 42.0 Å². The van der Waals surface area contributed by atoms with Gasteiger partial charge in [-0.15, -0.1) is 0 Å². The van der Waals surface area contributed by atoms with Crippen LogP contribution in [0.4, 0.5) is 5.95 Å². The average molecular weight is 241 g/mol. The Labute approximate surface area is 103 Å². The van der Waals surface area contributed by atoms with Crippen LogP contribution >= 0.6 is 0 Å². The fourth-order valence-corrected chi connectivity index (χ4v) is 1.58. The Balaban J connectivity index is 2.48. The lowest BCUT2D eigenvalue weighted by molar-refractivity contribution is 0.000534. The van der Waals surface area contributed by atoms with Crippen molar-refractivity contribution in [2.45, 2.75) is 32.9 Å². The molecule has 0 spiro atoms. The molecule has 0 saturated heterocycles. The summed E-state index contributed by atoms with van der Waals surface area (Å²) < 4.78 is 12.7. The van der Waals surface area contributed by atoms with Gasteiger partial charge in [-0.25, -0.2) is 4.98 Å². The van der Waals surface area contributed by atoms with E-state index in [-0.39, 0.29) is 5.60 Å². The topological polar surface area (TPSA) is 48.3 Å². The quantitative estimate of drug-likeness (QED) is 0.753. The summed E-state index contributed by atoms with van der Waals surface area (Å²) in [6.07, 6.45) is 3.72. The van der Waals surface area contributed by atoms with Gasteiger partial charge in [0.15, 0.2) is 0 Å². The molecule has 5 heteroatoms. The highest BCUT2D eigenvalue weighted by molar-refractivity contribution is 5.26. The Kier molecular flexibility index (Phi) is 5.44. The number of rotatable bonds is 8. The molecule has 0 aliphatic rings. The summed E-state index contributed by atoms with van der Waals surface area (Å²) in [4.78, 5) is 4.27. The van der Waals surface area contributed by atoms with Crippen LogP contribution in [0.2, 0.25) is 0 Å². The van der Waals surface area contributed by atoms with E-state index in [9.17, 15) is 0 Å². The van der Waals surface area contributed by atoms with Gasteiger partial charge in [-0.3, -0.25) is 0 Å². The molecule has 5 nitrogen and oxygen atoms in total. The standard InChI is InChI=1S/C12H23N3O2/c1-5-17-12(2,3)10-14-11-13-6-7-15(11)8-9-16-4/h6-7H,5,8-10H2,1-4H3,(H,13,14). The molecular weight excluding hydrogens is 218 g/mol. The molecule has 1 N–H and O–H groups in total. The molecule has 0 aliphatic carbocycles. The maximum Gasteiger partial charge on any atom is 0.202 e. The van der Waals surface area contributed by atoms with Gasteiger partial charge in [-0.2, -0.15) is 0 Å². The lowest BCUT2D eigenvalue weighted by Crippen LogP contribution is -2.34. The molecule has 0 aromatic carbocycles. The fraction of sp³-hybridized carbons (Fsp3) is 0.750. The summed E-state index contributed by atoms with van der Waals surface area (Å²) in [5, 5.41) is 3.30. The molecule has 1 aromatic heterocycles. The van der Waals surface area contributed by atoms with Gasteiger partial charge >= 0.3 is 0 Å². The SMILES string of the molecule is CCOC(C)(C)CNc1nccn1CCOC. The molecule has 0 amide bonds. The molecular formula is C12H23N3O2. The lowest BCUT2D eigenvalue weighted by atomic mass is 10.1. The molecule has 0 fully saturated rings. The normalized spacial score (nSPS) is 11.8. The summed E-state index contributed by atoms with van der Waals surface area (Å²) in [5.74, 6) is 0.856. The third-order valence-electron chi connectivity index (χ3n) is 2.46. The maximum absolute atomic E-state index is 5.62. The van der Waals surface area contributed by atoms with Gasteiger partial charge in [0, 0.05) is 39.2 Å². The zero-order valence-electron chi connectivity index (χ0n) is 11.2. The highest BCUT2D eigenvalue weighted by Crippen LogP contribution is 2.11. The van der Waals surface area contributed by atoms with Crippen molar-refractivity contribution in [2.24, 2.45) is 0 Å². The van der Waals surface area contributed by atoms with Crippen molar-refractivity contribution in [3.8, 4) is 0 Å². The monoisotopic (exact) mass is 241 g/mol. The zero-order valence-corrected chi connectivity index (χ0v) is 11.2. The highest BCUT2D eigenvalue weighted by Gasteiger charge is 2.18. The predicted octanol–water partition coefficient (Wildman–Crippen LogP) is 1.76. The summed E-state index contributed by atoms with van der Waals surface area (Å²) in [7, 11) is 1.70. The lowest BCUT2D eigenvalue weighted by Gasteiger charge is -2.25. The van der Waals surface area contributed by atoms with Crippen molar-refractivity contribution >= 4 is 5.95 Å². The second-order valence-corrected chi connectivity index (χ2v) is 4.48. The van der Waals surface area contributed by atoms with Crippen LogP contribution < -0.4 is 5.32 Å². The Morgan fingerprint density at radius 3 is 2.88 bits per heavy atom. The van der Waals surface area contributed by atoms with Gasteiger partial charge in [0.05, 0.1) is 12.2 Å². The minimum atomic E-state index is -0.188. The molecule has 0 unspecified atom stereocenters. The number of ether oxygens (including phenoxy) is 2. The molecule has 17 heavy (non-hydrogen) atoms. The minimum absolute atomic E-state index is 0.188. The minimum Gasteiger partial charge on any atom is -0.383 e. The van der Waals surface area contributed by atoms with Gasteiger partial charge in [0.25, 0.3) is 0 Å². The van der Waals surface area contributed by atoms with Crippen molar-refractivity contribution in [3.63, 3.8) is 0 Å². The third kappa shape index (κ3) is 4.75. The van der Waals surface area contributed by atoms with Crippen LogP contribution in [0.25, 0.3) is 0 Å². The van der Waals surface area contributed by atoms with Crippen LogP contribution in [0, 0.1) is 0 Å². The van der Waals surface area contributed by atoms with Crippen LogP contribution in [-0.2, 0) is 16.0 Å². The first-order valence-corrected chi connectivity index (χ1v) is 5.97. The van der Waals surface area contributed by atoms with E-state index >= 15 is 0 Å². The molecule has 98 valence electrons. The van der Waals surface area contributed by atoms with E-state index in [1.807, 2.05) is 17.7 Å². The van der Waals surface area contributed by atoms with Gasteiger partial charge in [0.2, 0.25) is 5.95 Å². The van der Waals surface area contributed by atoms with Crippen molar-refractivity contribution in [2.75, 3.05) is 32.2 Å². The smallest absolute Gasteiger partial charge is 0.202 e. The number of anilines is 1. The van der Waals surface area contributed by atoms with E-state index in [0.717, 1.165) is 19.0 Å². The first-order chi connectivity index (χ1) is 8.09. The molecule has 0 atom stereocenters. The van der Waals surface area contributed by atoms with Gasteiger partial charge in [0.1, 0.15) is 0 Å². The van der Waals surface area contributed by atoms with E-state index < -0.39 is 0 Å². The maximum atomic E-state index is 5.62. The number of aromatic nitrogens is 2. The first kappa shape index (κ1) is 14.0. The summed E-state index contributed by atoms with van der Waals surface area (Å²) in [6.45, 7) is 9.05. The second kappa shape index (κ2) is 6.61. The molecule has 0 radical (unpaired) electrons. The van der Waals surface area contributed by atoms with Gasteiger partial charge in [-0.05, 0) is 20.8 Å². The summed E-state index contributed by atoms with van der Waals surface area (Å²) in [5.41, 5.74) is -0.188. The van der Waals surface area contributed by atoms with E-state index in [4.69, 9.17) is 9.47 Å². The van der Waals surface area contributed by atoms with Crippen molar-refractivity contribution < 1.29 is 9.47 Å². The molecule has 1 heterocycles. The molecule has 1 rings (SSSR count). The molecule has 0 saturated carbocycles. The molecule has 0 bridgehead atoms. The van der Waals surface area contributed by atoms with Gasteiger partial charge < -0.3 is 19.4 Å². The molecule has 1 aromatic rings. The number of hydrogen-bond acceptors (Lipinski definition) is 4. The predicted molar refractivity (Wildman–Crippen MR) is 68.3 cm³/mol. The summed E-state index contributed by atoms with van der Waals surface area (Å²) >= 11 is 0. The summed E-state index contributed by atoms with van der Waals surface area (Å²) in [6, 6.07) is 0. The first-order valence-electron chi connectivity index (χ1n) is 5.97. The second-order valence-electron chi connectivity index (χ2n) is 4.48. The van der Waals surface area contributed by atoms with Crippen molar-refractivity contribution in [1.82, 2.24) is 9.55 Å². The van der Waals surface area contributed by atoms with Gasteiger partial charge in [-0.1, -0.05) is 0 Å². The number of hydrogen-bond donors (Lipinski definition) is 1. The van der Waals surface area contributed by atoms with Crippen LogP contribution in [0.15, 0.2) is 12.4 Å². The van der Waals surface area contributed by atoms with E-state index in [1.54, 1.807) is 13.3 Å². The fourth-order valence-electron chi connectivity index (χ4n) is 1.58. The van der Waals surface area contributed by atoms with E-state index in [1.165, 1.54) is 0 Å². The number of methoxy groups -OCH3 is 1. The van der Waals surface area contributed by atoms with Crippen LogP contribution in [0.1, 0.15) is 20.8 Å².